The van der Waals surface area contributed by atoms with Crippen LogP contribution in [-0.4, -0.2) is 45.1 Å². The van der Waals surface area contributed by atoms with Crippen LogP contribution in [0.4, 0.5) is 0 Å². The van der Waals surface area contributed by atoms with E-state index in [2.05, 4.69) is 27.4 Å². The van der Waals surface area contributed by atoms with Crippen LogP contribution in [-0.2, 0) is 28.5 Å². The molecular weight excluding hydrogens is 500 g/mol. The Bertz CT molecular complexity index is 1490. The minimum Gasteiger partial charge on any atom is -0.489 e. The predicted octanol–water partition coefficient (Wildman–Crippen LogP) is 4.24. The quantitative estimate of drug-likeness (QED) is 0.263. The molecule has 0 saturated carbocycles. The average molecular weight is 527 g/mol. The minimum atomic E-state index is -1.03. The number of rotatable bonds is 8. The van der Waals surface area contributed by atoms with Gasteiger partial charge in [-0.15, -0.1) is 0 Å². The molecular formula is C29H26N4O4S. The number of nitrogens with one attached hydrogen (secondary N) is 2. The minimum absolute atomic E-state index is 0.102. The Morgan fingerprint density at radius 3 is 2.61 bits per heavy atom. The van der Waals surface area contributed by atoms with E-state index in [1.165, 1.54) is 5.56 Å². The number of fused-ring (bicyclic) bond motifs is 2. The Kier molecular flexibility index (Phi) is 6.37. The molecule has 2 aliphatic heterocycles. The molecule has 9 heteroatoms. The van der Waals surface area contributed by atoms with Crippen LogP contribution in [0.2, 0.25) is 0 Å². The average Bonchev–Trinajstić information content (AvgIpc) is 3.53. The Labute approximate surface area is 223 Å². The second-order valence-electron chi connectivity index (χ2n) is 9.62. The first-order valence-corrected chi connectivity index (χ1v) is 13.5. The number of amides is 2. The van der Waals surface area contributed by atoms with E-state index in [0.29, 0.717) is 24.3 Å². The predicted molar refractivity (Wildman–Crippen MR) is 144 cm³/mol. The zero-order valence-corrected chi connectivity index (χ0v) is 21.4. The van der Waals surface area contributed by atoms with Crippen molar-refractivity contribution in [2.45, 2.75) is 42.4 Å². The van der Waals surface area contributed by atoms with Crippen molar-refractivity contribution in [2.75, 3.05) is 6.54 Å². The first-order chi connectivity index (χ1) is 18.5. The summed E-state index contributed by atoms with van der Waals surface area (Å²) in [5.41, 5.74) is 4.48. The summed E-state index contributed by atoms with van der Waals surface area (Å²) in [6.07, 6.45) is 1.33. The van der Waals surface area contributed by atoms with Crippen molar-refractivity contribution < 1.29 is 19.1 Å². The van der Waals surface area contributed by atoms with Gasteiger partial charge in [0.05, 0.1) is 17.6 Å². The van der Waals surface area contributed by atoms with Gasteiger partial charge in [0.2, 0.25) is 5.91 Å². The van der Waals surface area contributed by atoms with Gasteiger partial charge in [-0.3, -0.25) is 9.59 Å². The number of piperidine rings is 1. The summed E-state index contributed by atoms with van der Waals surface area (Å²) in [7, 11) is 0. The Balaban J connectivity index is 1.10. The number of carbonyl (C=O) groups is 3. The number of H-pyrrole nitrogens is 1. The normalized spacial score (nSPS) is 18.9. The molecule has 1 aromatic heterocycles. The summed E-state index contributed by atoms with van der Waals surface area (Å²) < 4.78 is 6.15. The zero-order valence-electron chi connectivity index (χ0n) is 20.6. The van der Waals surface area contributed by atoms with Gasteiger partial charge in [0.15, 0.2) is 5.16 Å². The number of aromatic amines is 1. The van der Waals surface area contributed by atoms with Crippen LogP contribution >= 0.6 is 11.8 Å². The van der Waals surface area contributed by atoms with Gasteiger partial charge < -0.3 is 24.7 Å². The van der Waals surface area contributed by atoms with Crippen LogP contribution < -0.4 is 10.1 Å². The van der Waals surface area contributed by atoms with Gasteiger partial charge in [0.1, 0.15) is 24.2 Å². The summed E-state index contributed by atoms with van der Waals surface area (Å²) in [5.74, 6) is 1.11. The largest absolute Gasteiger partial charge is 0.489 e. The van der Waals surface area contributed by atoms with E-state index >= 15 is 0 Å². The SMILES string of the molecule is O=CC1(N2Cc3c(OCc4ccc(CSc5nc6ccccc6[nH]5)cc4)cccc3C2=O)CCC(=O)NC1. The number of benzene rings is 3. The topological polar surface area (TPSA) is 104 Å². The third-order valence-electron chi connectivity index (χ3n) is 7.22. The van der Waals surface area contributed by atoms with E-state index in [1.54, 1.807) is 28.8 Å². The second-order valence-corrected chi connectivity index (χ2v) is 10.6. The van der Waals surface area contributed by atoms with Gasteiger partial charge >= 0.3 is 0 Å². The molecule has 1 unspecified atom stereocenters. The Morgan fingerprint density at radius 2 is 1.84 bits per heavy atom. The maximum absolute atomic E-state index is 13.2. The fourth-order valence-electron chi connectivity index (χ4n) is 4.99. The van der Waals surface area contributed by atoms with Crippen molar-refractivity contribution in [3.8, 4) is 5.75 Å². The summed E-state index contributed by atoms with van der Waals surface area (Å²) in [6.45, 7) is 0.764. The molecule has 2 N–H and O–H groups in total. The first kappa shape index (κ1) is 24.2. The highest BCUT2D eigenvalue weighted by Crippen LogP contribution is 2.37. The van der Waals surface area contributed by atoms with Gasteiger partial charge in [0.25, 0.3) is 5.91 Å². The van der Waals surface area contributed by atoms with Gasteiger partial charge in [-0.2, -0.15) is 0 Å². The highest BCUT2D eigenvalue weighted by Gasteiger charge is 2.46. The van der Waals surface area contributed by atoms with Gasteiger partial charge in [-0.25, -0.2) is 4.98 Å². The molecule has 1 saturated heterocycles. The molecule has 3 aromatic carbocycles. The summed E-state index contributed by atoms with van der Waals surface area (Å²) >= 11 is 1.66. The lowest BCUT2D eigenvalue weighted by molar-refractivity contribution is -0.128. The molecule has 3 heterocycles. The van der Waals surface area contributed by atoms with Crippen LogP contribution in [0.1, 0.15) is 39.9 Å². The number of thioether (sulfide) groups is 1. The van der Waals surface area contributed by atoms with Crippen LogP contribution in [0.15, 0.2) is 71.9 Å². The molecule has 4 aromatic rings. The van der Waals surface area contributed by atoms with Gasteiger partial charge in [-0.1, -0.05) is 54.2 Å². The molecule has 6 rings (SSSR count). The van der Waals surface area contributed by atoms with Crippen molar-refractivity contribution in [2.24, 2.45) is 0 Å². The van der Waals surface area contributed by atoms with Crippen LogP contribution in [0, 0.1) is 0 Å². The third kappa shape index (κ3) is 4.54. The second kappa shape index (κ2) is 9.98. The highest BCUT2D eigenvalue weighted by molar-refractivity contribution is 7.98. The molecule has 0 aliphatic carbocycles. The number of hydrogen-bond donors (Lipinski definition) is 2. The number of imidazole rings is 1. The molecule has 0 spiro atoms. The maximum atomic E-state index is 13.2. The van der Waals surface area contributed by atoms with Crippen LogP contribution in [0.3, 0.4) is 0 Å². The molecule has 1 fully saturated rings. The van der Waals surface area contributed by atoms with E-state index in [9.17, 15) is 14.4 Å². The summed E-state index contributed by atoms with van der Waals surface area (Å²) in [6, 6.07) is 21.7. The number of aromatic nitrogens is 2. The molecule has 2 aliphatic rings. The zero-order chi connectivity index (χ0) is 26.1. The maximum Gasteiger partial charge on any atom is 0.255 e. The molecule has 8 nitrogen and oxygen atoms in total. The fraction of sp³-hybridized carbons (Fsp3) is 0.241. The number of hydrogen-bond acceptors (Lipinski definition) is 6. The highest BCUT2D eigenvalue weighted by atomic mass is 32.2. The molecule has 2 amide bonds. The number of aldehydes is 1. The van der Waals surface area contributed by atoms with Crippen molar-refractivity contribution in [3.63, 3.8) is 0 Å². The van der Waals surface area contributed by atoms with Gasteiger partial charge in [0, 0.05) is 29.8 Å². The molecule has 192 valence electrons. The number of para-hydroxylation sites is 2. The van der Waals surface area contributed by atoms with Gasteiger partial charge in [-0.05, 0) is 41.8 Å². The van der Waals surface area contributed by atoms with Crippen LogP contribution in [0.25, 0.3) is 11.0 Å². The third-order valence-corrected chi connectivity index (χ3v) is 8.16. The van der Waals surface area contributed by atoms with Crippen molar-refractivity contribution >= 4 is 40.9 Å². The molecule has 0 bridgehead atoms. The monoisotopic (exact) mass is 526 g/mol. The first-order valence-electron chi connectivity index (χ1n) is 12.5. The molecule has 38 heavy (non-hydrogen) atoms. The summed E-state index contributed by atoms with van der Waals surface area (Å²) in [5, 5.41) is 3.63. The number of ether oxygens (including phenoxy) is 1. The number of carbonyl (C=O) groups excluding carboxylic acids is 3. The van der Waals surface area contributed by atoms with E-state index < -0.39 is 5.54 Å². The Morgan fingerprint density at radius 1 is 1.03 bits per heavy atom. The smallest absolute Gasteiger partial charge is 0.255 e. The lowest BCUT2D eigenvalue weighted by atomic mass is 9.89. The molecule has 1 atom stereocenters. The van der Waals surface area contributed by atoms with E-state index in [0.717, 1.165) is 39.4 Å². The standard InChI is InChI=1S/C29H26N4O4S/c34-18-29(13-12-26(35)30-17-29)33-14-22-21(27(33)36)4-3-7-25(22)37-15-19-8-10-20(11-9-19)16-38-28-31-23-5-1-2-6-24(23)32-28/h1-11,18H,12-17H2,(H,30,35)(H,31,32). The van der Waals surface area contributed by atoms with E-state index in [1.807, 2.05) is 42.5 Å². The van der Waals surface area contributed by atoms with Crippen LogP contribution in [0.5, 0.6) is 5.75 Å². The lowest BCUT2D eigenvalue weighted by Crippen LogP contribution is -2.60. The van der Waals surface area contributed by atoms with E-state index in [-0.39, 0.29) is 31.3 Å². The Hall–Kier alpha value is -4.11. The van der Waals surface area contributed by atoms with E-state index in [4.69, 9.17) is 4.74 Å². The van der Waals surface area contributed by atoms with Crippen molar-refractivity contribution in [1.29, 1.82) is 0 Å². The van der Waals surface area contributed by atoms with Crippen molar-refractivity contribution in [1.82, 2.24) is 20.2 Å². The lowest BCUT2D eigenvalue weighted by Gasteiger charge is -2.40. The number of nitrogens with zero attached hydrogens (tertiary/aromatic N) is 2. The fourth-order valence-corrected chi connectivity index (χ4v) is 5.84. The summed E-state index contributed by atoms with van der Waals surface area (Å²) in [4.78, 5) is 46.5. The molecule has 0 radical (unpaired) electrons. The van der Waals surface area contributed by atoms with Crippen molar-refractivity contribution in [3.05, 3.63) is 89.0 Å².